The molecule has 7 nitrogen and oxygen atoms in total. The van der Waals surface area contributed by atoms with Crippen LogP contribution in [-0.2, 0) is 17.6 Å². The van der Waals surface area contributed by atoms with Crippen molar-refractivity contribution in [1.82, 2.24) is 20.8 Å². The Morgan fingerprint density at radius 1 is 1.44 bits per heavy atom. The fourth-order valence-corrected chi connectivity index (χ4v) is 4.46. The summed E-state index contributed by atoms with van der Waals surface area (Å²) in [7, 11) is 1.45. The molecule has 134 valence electrons. The molecule has 3 rings (SSSR count). The van der Waals surface area contributed by atoms with E-state index in [1.165, 1.54) is 23.9 Å². The van der Waals surface area contributed by atoms with Gasteiger partial charge in [-0.3, -0.25) is 10.1 Å². The second-order valence-electron chi connectivity index (χ2n) is 6.11. The van der Waals surface area contributed by atoms with E-state index in [9.17, 15) is 9.59 Å². The molecule has 1 aliphatic carbocycles. The van der Waals surface area contributed by atoms with Gasteiger partial charge in [-0.25, -0.2) is 4.79 Å². The molecule has 0 saturated heterocycles. The van der Waals surface area contributed by atoms with E-state index in [-0.39, 0.29) is 0 Å². The van der Waals surface area contributed by atoms with Crippen molar-refractivity contribution >= 4 is 35.0 Å². The van der Waals surface area contributed by atoms with Gasteiger partial charge in [-0.15, -0.1) is 21.5 Å². The summed E-state index contributed by atoms with van der Waals surface area (Å²) in [4.78, 5) is 25.4. The summed E-state index contributed by atoms with van der Waals surface area (Å²) in [6.07, 6.45) is 3.42. The molecule has 0 fully saturated rings. The van der Waals surface area contributed by atoms with E-state index >= 15 is 0 Å². The monoisotopic (exact) mass is 380 g/mol. The average Bonchev–Trinajstić information content (AvgIpc) is 3.20. The number of amides is 3. The number of hydrogen-bond donors (Lipinski definition) is 2. The highest BCUT2D eigenvalue weighted by Gasteiger charge is 2.23. The Morgan fingerprint density at radius 2 is 2.24 bits per heavy atom. The molecule has 2 atom stereocenters. The normalized spacial score (nSPS) is 17.6. The standard InChI is InChI=1S/C16H20N4O3S2/c1-8-4-5-11-10(6-8)7-12(25-11)14-19-20-16(23-14)24-9(2)13(21)18-15(22)17-3/h7-9H,4-6H2,1-3H3,(H2,17,18,21,22). The number of nitrogens with zero attached hydrogens (tertiary/aromatic N) is 2. The molecule has 1 aliphatic rings. The summed E-state index contributed by atoms with van der Waals surface area (Å²) in [5, 5.41) is 12.5. The van der Waals surface area contributed by atoms with Gasteiger partial charge in [-0.05, 0) is 43.7 Å². The van der Waals surface area contributed by atoms with E-state index in [0.717, 1.165) is 29.5 Å². The summed E-state index contributed by atoms with van der Waals surface area (Å²) in [6, 6.07) is 1.60. The van der Waals surface area contributed by atoms with Gasteiger partial charge in [-0.2, -0.15) is 0 Å². The Kier molecular flexibility index (Phi) is 5.43. The van der Waals surface area contributed by atoms with Crippen LogP contribution in [0.5, 0.6) is 0 Å². The minimum atomic E-state index is -0.540. The van der Waals surface area contributed by atoms with Crippen molar-refractivity contribution in [2.24, 2.45) is 5.92 Å². The molecule has 0 radical (unpaired) electrons. The van der Waals surface area contributed by atoms with Gasteiger partial charge in [0.05, 0.1) is 10.1 Å². The van der Waals surface area contributed by atoms with Gasteiger partial charge in [0, 0.05) is 11.9 Å². The van der Waals surface area contributed by atoms with Gasteiger partial charge in [0.2, 0.25) is 5.91 Å². The number of fused-ring (bicyclic) bond motifs is 1. The van der Waals surface area contributed by atoms with Gasteiger partial charge in [0.1, 0.15) is 0 Å². The number of aromatic nitrogens is 2. The number of thiophene rings is 1. The molecule has 2 heterocycles. The minimum absolute atomic E-state index is 0.314. The summed E-state index contributed by atoms with van der Waals surface area (Å²) >= 11 is 2.83. The van der Waals surface area contributed by atoms with Crippen molar-refractivity contribution in [1.29, 1.82) is 0 Å². The predicted octanol–water partition coefficient (Wildman–Crippen LogP) is 2.86. The Morgan fingerprint density at radius 3 is 3.00 bits per heavy atom. The number of carbonyl (C=O) groups excluding carboxylic acids is 2. The Hall–Kier alpha value is -1.87. The van der Waals surface area contributed by atoms with Gasteiger partial charge < -0.3 is 9.73 Å². The molecule has 9 heteroatoms. The fraction of sp³-hybridized carbons (Fsp3) is 0.500. The number of thioether (sulfide) groups is 1. The highest BCUT2D eigenvalue weighted by Crippen LogP contribution is 2.37. The maximum Gasteiger partial charge on any atom is 0.321 e. The molecule has 3 amide bonds. The van der Waals surface area contributed by atoms with Gasteiger partial charge in [0.25, 0.3) is 11.1 Å². The number of urea groups is 1. The number of carbonyl (C=O) groups is 2. The summed E-state index contributed by atoms with van der Waals surface area (Å²) < 4.78 is 5.70. The predicted molar refractivity (Wildman–Crippen MR) is 96.7 cm³/mol. The lowest BCUT2D eigenvalue weighted by Gasteiger charge is -2.16. The van der Waals surface area contributed by atoms with E-state index < -0.39 is 17.2 Å². The third-order valence-electron chi connectivity index (χ3n) is 4.06. The lowest BCUT2D eigenvalue weighted by Crippen LogP contribution is -2.41. The maximum atomic E-state index is 11.9. The van der Waals surface area contributed by atoms with Crippen molar-refractivity contribution in [2.45, 2.75) is 43.6 Å². The van der Waals surface area contributed by atoms with Crippen LogP contribution in [0.2, 0.25) is 0 Å². The summed E-state index contributed by atoms with van der Waals surface area (Å²) in [5.74, 6) is 0.779. The van der Waals surface area contributed by atoms with Gasteiger partial charge >= 0.3 is 6.03 Å². The number of rotatable bonds is 4. The van der Waals surface area contributed by atoms with Crippen molar-refractivity contribution in [3.63, 3.8) is 0 Å². The second-order valence-corrected chi connectivity index (χ2v) is 8.54. The average molecular weight is 380 g/mol. The van der Waals surface area contributed by atoms with Crippen LogP contribution in [0.1, 0.15) is 30.7 Å². The van der Waals surface area contributed by atoms with E-state index in [0.29, 0.717) is 17.0 Å². The Labute approximate surface area is 154 Å². The van der Waals surface area contributed by atoms with E-state index in [2.05, 4.69) is 33.8 Å². The minimum Gasteiger partial charge on any atom is -0.410 e. The van der Waals surface area contributed by atoms with Crippen molar-refractivity contribution in [2.75, 3.05) is 7.05 Å². The van der Waals surface area contributed by atoms with E-state index in [4.69, 9.17) is 4.42 Å². The number of aryl methyl sites for hydroxylation is 1. The van der Waals surface area contributed by atoms with Crippen LogP contribution in [0, 0.1) is 5.92 Å². The fourth-order valence-electron chi connectivity index (χ4n) is 2.65. The van der Waals surface area contributed by atoms with Crippen LogP contribution in [0.25, 0.3) is 10.8 Å². The van der Waals surface area contributed by atoms with Crippen LogP contribution >= 0.6 is 23.1 Å². The molecule has 2 unspecified atom stereocenters. The first-order valence-electron chi connectivity index (χ1n) is 8.11. The number of hydrogen-bond acceptors (Lipinski definition) is 7. The molecule has 0 aromatic carbocycles. The number of imide groups is 1. The van der Waals surface area contributed by atoms with Crippen LogP contribution < -0.4 is 10.6 Å². The molecule has 0 spiro atoms. The van der Waals surface area contributed by atoms with Crippen LogP contribution in [0.4, 0.5) is 4.79 Å². The SMILES string of the molecule is CNC(=O)NC(=O)C(C)Sc1nnc(-c2cc3c(s2)CCC(C)C3)o1. The third kappa shape index (κ3) is 4.21. The first-order chi connectivity index (χ1) is 12.0. The molecule has 2 aromatic heterocycles. The molecular formula is C16H20N4O3S2. The van der Waals surface area contributed by atoms with E-state index in [1.54, 1.807) is 18.3 Å². The van der Waals surface area contributed by atoms with Crippen molar-refractivity contribution in [3.8, 4) is 10.8 Å². The Bertz CT molecular complexity index is 786. The highest BCUT2D eigenvalue weighted by atomic mass is 32.2. The smallest absolute Gasteiger partial charge is 0.321 e. The Balaban J connectivity index is 1.66. The molecule has 2 aromatic rings. The molecule has 0 aliphatic heterocycles. The van der Waals surface area contributed by atoms with Crippen LogP contribution in [0.15, 0.2) is 15.7 Å². The summed E-state index contributed by atoms with van der Waals surface area (Å²) in [6.45, 7) is 3.95. The van der Waals surface area contributed by atoms with Crippen molar-refractivity contribution in [3.05, 3.63) is 16.5 Å². The topological polar surface area (TPSA) is 97.1 Å². The quantitative estimate of drug-likeness (QED) is 0.792. The second kappa shape index (κ2) is 7.57. The lowest BCUT2D eigenvalue weighted by atomic mass is 9.90. The zero-order valence-corrected chi connectivity index (χ0v) is 15.9. The maximum absolute atomic E-state index is 11.9. The lowest BCUT2D eigenvalue weighted by molar-refractivity contribution is -0.119. The molecule has 25 heavy (non-hydrogen) atoms. The third-order valence-corrected chi connectivity index (χ3v) is 6.22. The first kappa shape index (κ1) is 17.9. The highest BCUT2D eigenvalue weighted by molar-refractivity contribution is 8.00. The van der Waals surface area contributed by atoms with E-state index in [1.807, 2.05) is 0 Å². The van der Waals surface area contributed by atoms with Crippen molar-refractivity contribution < 1.29 is 14.0 Å². The molecule has 0 bridgehead atoms. The first-order valence-corrected chi connectivity index (χ1v) is 9.80. The van der Waals surface area contributed by atoms with Gasteiger partial charge in [0.15, 0.2) is 0 Å². The zero-order valence-electron chi connectivity index (χ0n) is 14.3. The largest absolute Gasteiger partial charge is 0.410 e. The molecule has 0 saturated carbocycles. The van der Waals surface area contributed by atoms with Crippen LogP contribution in [0.3, 0.4) is 0 Å². The molecular weight excluding hydrogens is 360 g/mol. The summed E-state index contributed by atoms with van der Waals surface area (Å²) in [5.41, 5.74) is 1.38. The van der Waals surface area contributed by atoms with Crippen LogP contribution in [-0.4, -0.2) is 34.4 Å². The van der Waals surface area contributed by atoms with Gasteiger partial charge in [-0.1, -0.05) is 18.7 Å². The zero-order chi connectivity index (χ0) is 18.0. The molecule has 2 N–H and O–H groups in total. The number of nitrogens with one attached hydrogen (secondary N) is 2.